The maximum absolute atomic E-state index is 13.4. The van der Waals surface area contributed by atoms with Gasteiger partial charge in [0.2, 0.25) is 11.7 Å². The molecule has 0 aliphatic carbocycles. The van der Waals surface area contributed by atoms with Crippen LogP contribution in [-0.4, -0.2) is 22.2 Å². The fourth-order valence-electron chi connectivity index (χ4n) is 3.28. The summed E-state index contributed by atoms with van der Waals surface area (Å²) in [5.74, 6) is 1.09. The topological polar surface area (TPSA) is 51.0 Å². The summed E-state index contributed by atoms with van der Waals surface area (Å²) in [6.45, 7) is 0. The molecule has 2 aliphatic heterocycles. The highest BCUT2D eigenvalue weighted by Gasteiger charge is 2.42. The Morgan fingerprint density at radius 2 is 2.20 bits per heavy atom. The Balaban J connectivity index is 1.65. The van der Waals surface area contributed by atoms with E-state index in [-0.39, 0.29) is 5.82 Å². The lowest BCUT2D eigenvalue weighted by Crippen LogP contribution is -2.21. The summed E-state index contributed by atoms with van der Waals surface area (Å²) in [6.07, 6.45) is 3.46. The van der Waals surface area contributed by atoms with Crippen molar-refractivity contribution in [1.29, 1.82) is 0 Å². The number of hydrogen-bond acceptors (Lipinski definition) is 4. The molecule has 0 radical (unpaired) electrons. The fraction of sp³-hybridized carbons (Fsp3) is 0.429. The smallest absolute Gasteiger partial charge is 0.231 e. The van der Waals surface area contributed by atoms with Gasteiger partial charge in [-0.1, -0.05) is 21.1 Å². The number of fused-ring (bicyclic) bond motifs is 2. The molecule has 3 heterocycles. The predicted octanol–water partition coefficient (Wildman–Crippen LogP) is 3.25. The molecule has 1 aromatic carbocycles. The maximum Gasteiger partial charge on any atom is 0.231 e. The molecule has 104 valence electrons. The van der Waals surface area contributed by atoms with E-state index in [1.165, 1.54) is 25.0 Å². The summed E-state index contributed by atoms with van der Waals surface area (Å²) in [5.41, 5.74) is 0.628. The molecule has 6 heteroatoms. The van der Waals surface area contributed by atoms with Crippen LogP contribution in [0.5, 0.6) is 0 Å². The third-order valence-electron chi connectivity index (χ3n) is 4.18. The van der Waals surface area contributed by atoms with Crippen LogP contribution in [0.4, 0.5) is 4.39 Å². The first-order chi connectivity index (χ1) is 9.69. The zero-order valence-corrected chi connectivity index (χ0v) is 12.2. The minimum Gasteiger partial charge on any atom is -0.339 e. The zero-order chi connectivity index (χ0) is 13.7. The Kier molecular flexibility index (Phi) is 2.89. The third kappa shape index (κ3) is 2.07. The molecule has 0 saturated carbocycles. The van der Waals surface area contributed by atoms with Crippen LogP contribution in [0.15, 0.2) is 27.2 Å². The Bertz CT molecular complexity index is 639. The fourth-order valence-corrected chi connectivity index (χ4v) is 3.75. The molecule has 2 fully saturated rings. The van der Waals surface area contributed by atoms with Crippen LogP contribution in [0.25, 0.3) is 11.4 Å². The first-order valence-electron chi connectivity index (χ1n) is 6.75. The quantitative estimate of drug-likeness (QED) is 0.913. The highest BCUT2D eigenvalue weighted by atomic mass is 79.9. The zero-order valence-electron chi connectivity index (χ0n) is 10.6. The molecule has 2 bridgehead atoms. The molecule has 4 nitrogen and oxygen atoms in total. The summed E-state index contributed by atoms with van der Waals surface area (Å²) < 4.78 is 19.5. The Labute approximate surface area is 123 Å². The van der Waals surface area contributed by atoms with E-state index in [9.17, 15) is 4.39 Å². The van der Waals surface area contributed by atoms with Crippen LogP contribution >= 0.6 is 15.9 Å². The summed E-state index contributed by atoms with van der Waals surface area (Å²) in [7, 11) is 0. The van der Waals surface area contributed by atoms with Crippen molar-refractivity contribution in [3.05, 3.63) is 34.4 Å². The molecule has 2 aliphatic rings. The SMILES string of the molecule is Fc1cc(Br)cc(-c2noc(C3CC4CCC3N4)n2)c1. The van der Waals surface area contributed by atoms with Gasteiger partial charge >= 0.3 is 0 Å². The number of nitrogens with one attached hydrogen (secondary N) is 1. The van der Waals surface area contributed by atoms with Crippen molar-refractivity contribution in [2.24, 2.45) is 0 Å². The molecule has 1 aromatic heterocycles. The number of aromatic nitrogens is 2. The molecule has 0 amide bonds. The Hall–Kier alpha value is -1.27. The van der Waals surface area contributed by atoms with Crippen LogP contribution in [0, 0.1) is 5.82 Å². The van der Waals surface area contributed by atoms with Crippen LogP contribution < -0.4 is 5.32 Å². The second-order valence-electron chi connectivity index (χ2n) is 5.50. The molecule has 3 unspecified atom stereocenters. The molecule has 1 N–H and O–H groups in total. The van der Waals surface area contributed by atoms with Crippen molar-refractivity contribution in [2.45, 2.75) is 37.3 Å². The van der Waals surface area contributed by atoms with Crippen molar-refractivity contribution in [2.75, 3.05) is 0 Å². The number of benzene rings is 1. The van der Waals surface area contributed by atoms with Crippen LogP contribution in [0.1, 0.15) is 31.1 Å². The summed E-state index contributed by atoms with van der Waals surface area (Å²) in [6, 6.07) is 5.65. The molecule has 0 spiro atoms. The van der Waals surface area contributed by atoms with Gasteiger partial charge in [0, 0.05) is 22.1 Å². The summed E-state index contributed by atoms with van der Waals surface area (Å²) >= 11 is 3.27. The van der Waals surface area contributed by atoms with Gasteiger partial charge in [0.05, 0.1) is 5.92 Å². The van der Waals surface area contributed by atoms with Gasteiger partial charge in [-0.05, 0) is 37.5 Å². The number of nitrogens with zero attached hydrogens (tertiary/aromatic N) is 2. The van der Waals surface area contributed by atoms with Crippen LogP contribution in [-0.2, 0) is 0 Å². The van der Waals surface area contributed by atoms with E-state index in [0.717, 1.165) is 6.42 Å². The first-order valence-corrected chi connectivity index (χ1v) is 7.54. The average Bonchev–Trinajstić information content (AvgIpc) is 3.13. The van der Waals surface area contributed by atoms with Gasteiger partial charge in [-0.25, -0.2) is 4.39 Å². The molecule has 3 atom stereocenters. The summed E-state index contributed by atoms with van der Waals surface area (Å²) in [4.78, 5) is 4.46. The van der Waals surface area contributed by atoms with Crippen LogP contribution in [0.2, 0.25) is 0 Å². The second kappa shape index (κ2) is 4.63. The van der Waals surface area contributed by atoms with E-state index in [0.29, 0.717) is 39.8 Å². The standard InChI is InChI=1S/C14H13BrFN3O/c15-8-3-7(4-9(16)5-8)13-18-14(20-19-13)11-6-10-1-2-12(11)17-10/h3-5,10-12,17H,1-2,6H2. The van der Waals surface area contributed by atoms with Crippen molar-refractivity contribution < 1.29 is 8.91 Å². The van der Waals surface area contributed by atoms with E-state index in [2.05, 4.69) is 31.4 Å². The Morgan fingerprint density at radius 1 is 1.30 bits per heavy atom. The summed E-state index contributed by atoms with van der Waals surface area (Å²) in [5, 5.41) is 7.54. The average molecular weight is 338 g/mol. The van der Waals surface area contributed by atoms with Gasteiger partial charge in [0.1, 0.15) is 5.82 Å². The van der Waals surface area contributed by atoms with Gasteiger partial charge in [-0.15, -0.1) is 0 Å². The van der Waals surface area contributed by atoms with Crippen molar-refractivity contribution in [3.63, 3.8) is 0 Å². The van der Waals surface area contributed by atoms with E-state index in [1.54, 1.807) is 6.07 Å². The lowest BCUT2D eigenvalue weighted by atomic mass is 9.89. The van der Waals surface area contributed by atoms with Gasteiger partial charge in [0.15, 0.2) is 0 Å². The van der Waals surface area contributed by atoms with E-state index >= 15 is 0 Å². The normalized spacial score (nSPS) is 28.2. The molecule has 2 saturated heterocycles. The maximum atomic E-state index is 13.4. The lowest BCUT2D eigenvalue weighted by Gasteiger charge is -2.15. The minimum absolute atomic E-state index is 0.298. The van der Waals surface area contributed by atoms with E-state index < -0.39 is 0 Å². The molecule has 4 rings (SSSR count). The van der Waals surface area contributed by atoms with Gasteiger partial charge in [-0.3, -0.25) is 0 Å². The number of hydrogen-bond donors (Lipinski definition) is 1. The molecular formula is C14H13BrFN3O. The van der Waals surface area contributed by atoms with E-state index in [1.807, 2.05) is 0 Å². The molecule has 2 aromatic rings. The third-order valence-corrected chi connectivity index (χ3v) is 4.64. The monoisotopic (exact) mass is 337 g/mol. The number of halogens is 2. The van der Waals surface area contributed by atoms with Crippen molar-refractivity contribution in [1.82, 2.24) is 15.5 Å². The van der Waals surface area contributed by atoms with Crippen LogP contribution in [0.3, 0.4) is 0 Å². The second-order valence-corrected chi connectivity index (χ2v) is 6.42. The van der Waals surface area contributed by atoms with Crippen molar-refractivity contribution in [3.8, 4) is 11.4 Å². The predicted molar refractivity (Wildman–Crippen MR) is 74.7 cm³/mol. The van der Waals surface area contributed by atoms with Gasteiger partial charge in [-0.2, -0.15) is 4.98 Å². The first kappa shape index (κ1) is 12.5. The largest absolute Gasteiger partial charge is 0.339 e. The van der Waals surface area contributed by atoms with Crippen molar-refractivity contribution >= 4 is 15.9 Å². The lowest BCUT2D eigenvalue weighted by molar-refractivity contribution is 0.329. The molecular weight excluding hydrogens is 325 g/mol. The highest BCUT2D eigenvalue weighted by molar-refractivity contribution is 9.10. The Morgan fingerprint density at radius 3 is 2.90 bits per heavy atom. The van der Waals surface area contributed by atoms with Gasteiger partial charge < -0.3 is 9.84 Å². The van der Waals surface area contributed by atoms with E-state index in [4.69, 9.17) is 4.52 Å². The highest BCUT2D eigenvalue weighted by Crippen LogP contribution is 2.39. The van der Waals surface area contributed by atoms with Gasteiger partial charge in [0.25, 0.3) is 0 Å². The minimum atomic E-state index is -0.317. The molecule has 20 heavy (non-hydrogen) atoms. The number of rotatable bonds is 2.